The molecule has 0 aromatic carbocycles. The van der Waals surface area contributed by atoms with Gasteiger partial charge in [-0.15, -0.1) is 0 Å². The number of ketones is 1. The van der Waals surface area contributed by atoms with Gasteiger partial charge in [-0.3, -0.25) is 9.59 Å². The Balaban J connectivity index is 1.41. The first-order chi connectivity index (χ1) is 16.1. The van der Waals surface area contributed by atoms with Gasteiger partial charge in [-0.25, -0.2) is 4.79 Å². The second-order valence-corrected chi connectivity index (χ2v) is 11.3. The van der Waals surface area contributed by atoms with Gasteiger partial charge in [0.1, 0.15) is 11.8 Å². The van der Waals surface area contributed by atoms with Crippen molar-refractivity contribution < 1.29 is 29.4 Å². The molecule has 8 heteroatoms. The van der Waals surface area contributed by atoms with E-state index in [0.29, 0.717) is 23.5 Å². The number of hydrogen-bond acceptors (Lipinski definition) is 6. The number of carbonyl (C=O) groups excluding carboxylic acids is 2. The molecule has 0 bridgehead atoms. The number of rotatable bonds is 7. The van der Waals surface area contributed by atoms with E-state index in [2.05, 4.69) is 30.4 Å². The molecule has 7 atom stereocenters. The maximum absolute atomic E-state index is 12.3. The molecule has 0 saturated heterocycles. The van der Waals surface area contributed by atoms with Crippen molar-refractivity contribution in [3.05, 3.63) is 11.6 Å². The Morgan fingerprint density at radius 2 is 1.91 bits per heavy atom. The molecule has 3 fully saturated rings. The smallest absolute Gasteiger partial charge is 0.328 e. The average Bonchev–Trinajstić information content (AvgIpc) is 3.15. The Morgan fingerprint density at radius 1 is 1.15 bits per heavy atom. The fourth-order valence-electron chi connectivity index (χ4n) is 7.91. The summed E-state index contributed by atoms with van der Waals surface area (Å²) in [7, 11) is 0. The third-order valence-corrected chi connectivity index (χ3v) is 9.66. The van der Waals surface area contributed by atoms with Crippen LogP contribution in [0.1, 0.15) is 72.1 Å². The van der Waals surface area contributed by atoms with Crippen LogP contribution in [0.25, 0.3) is 0 Å². The van der Waals surface area contributed by atoms with Crippen molar-refractivity contribution in [1.82, 2.24) is 5.32 Å². The zero-order valence-electron chi connectivity index (χ0n) is 20.5. The van der Waals surface area contributed by atoms with E-state index >= 15 is 0 Å². The lowest BCUT2D eigenvalue weighted by Gasteiger charge is -2.58. The summed E-state index contributed by atoms with van der Waals surface area (Å²) in [6.45, 7) is 5.48. The number of carbonyl (C=O) groups is 3. The van der Waals surface area contributed by atoms with Crippen LogP contribution in [0.5, 0.6) is 0 Å². The monoisotopic (exact) mass is 474 g/mol. The van der Waals surface area contributed by atoms with E-state index in [0.717, 1.165) is 44.2 Å². The second-order valence-electron chi connectivity index (χ2n) is 11.3. The zero-order valence-corrected chi connectivity index (χ0v) is 20.5. The van der Waals surface area contributed by atoms with E-state index < -0.39 is 31.1 Å². The molecule has 0 aromatic rings. The van der Waals surface area contributed by atoms with Crippen molar-refractivity contribution in [3.8, 4) is 0 Å². The number of oxime groups is 1. The number of nitrogens with one attached hydrogen (secondary N) is 1. The molecule has 0 heterocycles. The average molecular weight is 475 g/mol. The van der Waals surface area contributed by atoms with Gasteiger partial charge in [0.25, 0.3) is 5.91 Å². The molecule has 0 aliphatic heterocycles. The van der Waals surface area contributed by atoms with Crippen molar-refractivity contribution in [2.24, 2.45) is 39.7 Å². The van der Waals surface area contributed by atoms with Gasteiger partial charge in [0.05, 0.1) is 12.3 Å². The van der Waals surface area contributed by atoms with E-state index in [1.54, 1.807) is 6.92 Å². The lowest BCUT2D eigenvalue weighted by atomic mass is 9.46. The summed E-state index contributed by atoms with van der Waals surface area (Å²) in [4.78, 5) is 40.3. The SMILES string of the molecule is CC(=O)[C@@H]1CC[C@H]2[C@@H]3CCC4=C/C(=N/OCC(=O)N[C@H](CO)C(=O)O)CC[C@]4(C)[C@H]3CC[C@]12C. The molecule has 0 unspecified atom stereocenters. The topological polar surface area (TPSA) is 125 Å². The highest BCUT2D eigenvalue weighted by molar-refractivity contribution is 5.96. The summed E-state index contributed by atoms with van der Waals surface area (Å²) in [6, 6.07) is -1.35. The van der Waals surface area contributed by atoms with Gasteiger partial charge in [-0.05, 0) is 93.0 Å². The van der Waals surface area contributed by atoms with E-state index in [1.165, 1.54) is 18.4 Å². The zero-order chi connectivity index (χ0) is 24.7. The largest absolute Gasteiger partial charge is 0.480 e. The van der Waals surface area contributed by atoms with Crippen molar-refractivity contribution in [2.45, 2.75) is 78.2 Å². The molecule has 3 N–H and O–H groups in total. The molecule has 1 amide bonds. The highest BCUT2D eigenvalue weighted by Crippen LogP contribution is 2.66. The maximum Gasteiger partial charge on any atom is 0.328 e. The molecule has 0 aromatic heterocycles. The first-order valence-corrected chi connectivity index (χ1v) is 12.6. The molecular formula is C26H38N2O6. The fourth-order valence-corrected chi connectivity index (χ4v) is 7.91. The van der Waals surface area contributed by atoms with Gasteiger partial charge in [0, 0.05) is 5.92 Å². The van der Waals surface area contributed by atoms with Crippen molar-refractivity contribution in [1.29, 1.82) is 0 Å². The summed E-state index contributed by atoms with van der Waals surface area (Å²) >= 11 is 0. The van der Waals surface area contributed by atoms with Crippen LogP contribution in [0.2, 0.25) is 0 Å². The van der Waals surface area contributed by atoms with Crippen LogP contribution in [0.3, 0.4) is 0 Å². The van der Waals surface area contributed by atoms with Gasteiger partial charge in [-0.2, -0.15) is 0 Å². The van der Waals surface area contributed by atoms with Crippen LogP contribution >= 0.6 is 0 Å². The summed E-state index contributed by atoms with van der Waals surface area (Å²) in [5.41, 5.74) is 2.54. The molecule has 0 radical (unpaired) electrons. The predicted molar refractivity (Wildman–Crippen MR) is 126 cm³/mol. The number of carboxylic acid groups (broad SMARTS) is 1. The third-order valence-electron chi connectivity index (χ3n) is 9.66. The standard InChI is InChI=1S/C26H38N2O6/c1-15(30)19-6-7-20-18-5-4-16-12-17(28-34-14-23(31)27-22(13-29)24(32)33)8-10-25(16,2)21(18)9-11-26(19,20)3/h12,18-22,29H,4-11,13-14H2,1-3H3,(H,27,31)(H,32,33)/b28-17+/t18-,19-,20-,21-,22+,25-,26+/m0/s1. The Hall–Kier alpha value is -2.22. The number of aliphatic hydroxyl groups excluding tert-OH is 1. The van der Waals surface area contributed by atoms with Crippen LogP contribution in [0, 0.1) is 34.5 Å². The van der Waals surface area contributed by atoms with Crippen molar-refractivity contribution in [2.75, 3.05) is 13.2 Å². The highest BCUT2D eigenvalue weighted by atomic mass is 16.6. The Labute approximate surface area is 201 Å². The summed E-state index contributed by atoms with van der Waals surface area (Å²) in [5, 5.41) is 24.3. The highest BCUT2D eigenvalue weighted by Gasteiger charge is 2.59. The second kappa shape index (κ2) is 9.44. The van der Waals surface area contributed by atoms with Gasteiger partial charge in [0.2, 0.25) is 0 Å². The van der Waals surface area contributed by atoms with Crippen molar-refractivity contribution >= 4 is 23.4 Å². The quantitative estimate of drug-likeness (QED) is 0.487. The maximum atomic E-state index is 12.3. The van der Waals surface area contributed by atoms with E-state index in [4.69, 9.17) is 15.1 Å². The van der Waals surface area contributed by atoms with Crippen LogP contribution in [-0.4, -0.2) is 52.8 Å². The number of aliphatic hydroxyl groups is 1. The minimum Gasteiger partial charge on any atom is -0.480 e. The first-order valence-electron chi connectivity index (χ1n) is 12.6. The van der Waals surface area contributed by atoms with E-state index in [-0.39, 0.29) is 16.7 Å². The lowest BCUT2D eigenvalue weighted by molar-refractivity contribution is -0.143. The molecule has 0 spiro atoms. The number of nitrogens with zero attached hydrogens (tertiary/aromatic N) is 1. The third kappa shape index (κ3) is 4.30. The first kappa shape index (κ1) is 24.9. The molecule has 4 rings (SSSR count). The van der Waals surface area contributed by atoms with Gasteiger partial charge < -0.3 is 20.4 Å². The number of fused-ring (bicyclic) bond motifs is 5. The number of hydrogen-bond donors (Lipinski definition) is 3. The summed E-state index contributed by atoms with van der Waals surface area (Å²) in [6.07, 6.45) is 10.6. The van der Waals surface area contributed by atoms with Crippen LogP contribution in [0.15, 0.2) is 16.8 Å². The van der Waals surface area contributed by atoms with Gasteiger partial charge in [-0.1, -0.05) is 24.6 Å². The Morgan fingerprint density at radius 3 is 2.59 bits per heavy atom. The van der Waals surface area contributed by atoms with E-state index in [9.17, 15) is 14.4 Å². The molecule has 4 aliphatic carbocycles. The molecular weight excluding hydrogens is 436 g/mol. The number of Topliss-reactive ketones (excluding diaryl/α,β-unsaturated/α-hetero) is 1. The molecule has 4 aliphatic rings. The fraction of sp³-hybridized carbons (Fsp3) is 0.769. The van der Waals surface area contributed by atoms with Gasteiger partial charge in [0.15, 0.2) is 6.61 Å². The predicted octanol–water partition coefficient (Wildman–Crippen LogP) is 3.09. The normalized spacial score (nSPS) is 38.7. The Kier molecular flexibility index (Phi) is 6.91. The lowest BCUT2D eigenvalue weighted by Crippen LogP contribution is -2.51. The van der Waals surface area contributed by atoms with Crippen LogP contribution < -0.4 is 5.32 Å². The van der Waals surface area contributed by atoms with Gasteiger partial charge >= 0.3 is 5.97 Å². The Bertz CT molecular complexity index is 913. The molecule has 188 valence electrons. The molecule has 3 saturated carbocycles. The number of aliphatic carboxylic acids is 1. The number of carboxylic acids is 1. The van der Waals surface area contributed by atoms with Crippen LogP contribution in [-0.2, 0) is 19.2 Å². The summed E-state index contributed by atoms with van der Waals surface area (Å²) in [5.74, 6) is 0.619. The molecule has 8 nitrogen and oxygen atoms in total. The molecule has 34 heavy (non-hydrogen) atoms. The minimum absolute atomic E-state index is 0.144. The van der Waals surface area contributed by atoms with E-state index in [1.807, 2.05) is 0 Å². The minimum atomic E-state index is -1.35. The number of allylic oxidation sites excluding steroid dienone is 2. The number of amides is 1. The summed E-state index contributed by atoms with van der Waals surface area (Å²) < 4.78 is 0. The van der Waals surface area contributed by atoms with Crippen LogP contribution in [0.4, 0.5) is 0 Å². The van der Waals surface area contributed by atoms with Crippen molar-refractivity contribution in [3.63, 3.8) is 0 Å².